The Bertz CT molecular complexity index is 433. The normalized spacial score (nSPS) is 14.1. The van der Waals surface area contributed by atoms with Crippen LogP contribution in [0.1, 0.15) is 20.3 Å². The van der Waals surface area contributed by atoms with Crippen molar-refractivity contribution in [3.63, 3.8) is 0 Å². The maximum atomic E-state index is 11.5. The molecule has 0 aromatic heterocycles. The molecule has 5 heteroatoms. The third-order valence-electron chi connectivity index (χ3n) is 2.73. The molecule has 0 radical (unpaired) electrons. The Hall–Kier alpha value is -1.91. The maximum absolute atomic E-state index is 11.5. The van der Waals surface area contributed by atoms with Gasteiger partial charge in [-0.05, 0) is 25.5 Å². The molecule has 1 atom stereocenters. The van der Waals surface area contributed by atoms with Crippen molar-refractivity contribution in [3.05, 3.63) is 18.2 Å². The summed E-state index contributed by atoms with van der Waals surface area (Å²) in [6.45, 7) is 4.21. The minimum atomic E-state index is -0.123. The lowest BCUT2D eigenvalue weighted by Gasteiger charge is -2.12. The van der Waals surface area contributed by atoms with Crippen LogP contribution in [0.4, 0.5) is 0 Å². The number of amides is 1. The van der Waals surface area contributed by atoms with E-state index in [2.05, 4.69) is 5.32 Å². The van der Waals surface area contributed by atoms with Crippen molar-refractivity contribution in [1.29, 1.82) is 0 Å². The second-order valence-corrected chi connectivity index (χ2v) is 4.18. The summed E-state index contributed by atoms with van der Waals surface area (Å²) >= 11 is 0. The average Bonchev–Trinajstić information content (AvgIpc) is 2.83. The fraction of sp³-hybridized carbons (Fsp3) is 0.462. The lowest BCUT2D eigenvalue weighted by atomic mass is 10.2. The zero-order chi connectivity index (χ0) is 13.0. The van der Waals surface area contributed by atoms with Gasteiger partial charge in [-0.15, -0.1) is 0 Å². The summed E-state index contributed by atoms with van der Waals surface area (Å²) in [7, 11) is 0. The first-order valence-corrected chi connectivity index (χ1v) is 6.01. The van der Waals surface area contributed by atoms with Crippen molar-refractivity contribution in [2.24, 2.45) is 0 Å². The van der Waals surface area contributed by atoms with Crippen LogP contribution in [0.15, 0.2) is 18.2 Å². The smallest absolute Gasteiger partial charge is 0.258 e. The molecule has 1 aliphatic rings. The SMILES string of the molecule is CC[C@H](C)NC(=O)COc1ccc2c(c1)OCO2. The van der Waals surface area contributed by atoms with E-state index in [-0.39, 0.29) is 25.3 Å². The summed E-state index contributed by atoms with van der Waals surface area (Å²) in [4.78, 5) is 11.5. The minimum absolute atomic E-state index is 0.00395. The molecule has 1 heterocycles. The maximum Gasteiger partial charge on any atom is 0.258 e. The summed E-state index contributed by atoms with van der Waals surface area (Å²) < 4.78 is 15.8. The lowest BCUT2D eigenvalue weighted by molar-refractivity contribution is -0.123. The van der Waals surface area contributed by atoms with E-state index >= 15 is 0 Å². The molecule has 0 unspecified atom stereocenters. The van der Waals surface area contributed by atoms with Crippen LogP contribution in [0.25, 0.3) is 0 Å². The van der Waals surface area contributed by atoms with Crippen molar-refractivity contribution in [1.82, 2.24) is 5.32 Å². The Morgan fingerprint density at radius 3 is 3.00 bits per heavy atom. The van der Waals surface area contributed by atoms with Gasteiger partial charge in [-0.3, -0.25) is 4.79 Å². The summed E-state index contributed by atoms with van der Waals surface area (Å²) in [6, 6.07) is 5.41. The first-order chi connectivity index (χ1) is 8.69. The van der Waals surface area contributed by atoms with Gasteiger partial charge in [0.1, 0.15) is 5.75 Å². The van der Waals surface area contributed by atoms with Gasteiger partial charge in [0.15, 0.2) is 18.1 Å². The van der Waals surface area contributed by atoms with E-state index in [0.29, 0.717) is 17.2 Å². The van der Waals surface area contributed by atoms with Gasteiger partial charge in [0.2, 0.25) is 6.79 Å². The van der Waals surface area contributed by atoms with E-state index in [1.165, 1.54) is 0 Å². The molecule has 0 bridgehead atoms. The van der Waals surface area contributed by atoms with E-state index < -0.39 is 0 Å². The van der Waals surface area contributed by atoms with Crippen molar-refractivity contribution >= 4 is 5.91 Å². The Balaban J connectivity index is 1.85. The van der Waals surface area contributed by atoms with Crippen LogP contribution in [0, 0.1) is 0 Å². The number of carbonyl (C=O) groups excluding carboxylic acids is 1. The topological polar surface area (TPSA) is 56.8 Å². The van der Waals surface area contributed by atoms with Crippen molar-refractivity contribution in [2.75, 3.05) is 13.4 Å². The molecule has 0 saturated carbocycles. The molecule has 1 N–H and O–H groups in total. The monoisotopic (exact) mass is 251 g/mol. The van der Waals surface area contributed by atoms with E-state index in [4.69, 9.17) is 14.2 Å². The van der Waals surface area contributed by atoms with Crippen LogP contribution < -0.4 is 19.5 Å². The molecular formula is C13H17NO4. The summed E-state index contributed by atoms with van der Waals surface area (Å²) in [5.74, 6) is 1.82. The summed E-state index contributed by atoms with van der Waals surface area (Å²) in [6.07, 6.45) is 0.899. The molecule has 1 aromatic rings. The van der Waals surface area contributed by atoms with E-state index in [1.807, 2.05) is 13.8 Å². The van der Waals surface area contributed by atoms with Gasteiger partial charge in [-0.25, -0.2) is 0 Å². The highest BCUT2D eigenvalue weighted by atomic mass is 16.7. The molecule has 1 amide bonds. The molecule has 0 aliphatic carbocycles. The molecular weight excluding hydrogens is 234 g/mol. The van der Waals surface area contributed by atoms with Crippen molar-refractivity contribution in [3.8, 4) is 17.2 Å². The standard InChI is InChI=1S/C13H17NO4/c1-3-9(2)14-13(15)7-16-10-4-5-11-12(6-10)18-8-17-11/h4-6,9H,3,7-8H2,1-2H3,(H,14,15)/t9-/m0/s1. The molecule has 1 aromatic carbocycles. The number of hydrogen-bond donors (Lipinski definition) is 1. The largest absolute Gasteiger partial charge is 0.484 e. The predicted molar refractivity (Wildman–Crippen MR) is 66.0 cm³/mol. The van der Waals surface area contributed by atoms with Crippen LogP contribution in [-0.2, 0) is 4.79 Å². The zero-order valence-electron chi connectivity index (χ0n) is 10.6. The Morgan fingerprint density at radius 2 is 2.22 bits per heavy atom. The summed E-state index contributed by atoms with van der Waals surface area (Å²) in [5.41, 5.74) is 0. The van der Waals surface area contributed by atoms with Crippen LogP contribution >= 0.6 is 0 Å². The lowest BCUT2D eigenvalue weighted by Crippen LogP contribution is -2.35. The highest BCUT2D eigenvalue weighted by molar-refractivity contribution is 5.77. The van der Waals surface area contributed by atoms with Gasteiger partial charge in [0.25, 0.3) is 5.91 Å². The molecule has 0 fully saturated rings. The van der Waals surface area contributed by atoms with Crippen molar-refractivity contribution < 1.29 is 19.0 Å². The third-order valence-corrected chi connectivity index (χ3v) is 2.73. The quantitative estimate of drug-likeness (QED) is 0.865. The van der Waals surface area contributed by atoms with E-state index in [1.54, 1.807) is 18.2 Å². The number of hydrogen-bond acceptors (Lipinski definition) is 4. The van der Waals surface area contributed by atoms with E-state index in [0.717, 1.165) is 6.42 Å². The highest BCUT2D eigenvalue weighted by Gasteiger charge is 2.14. The average molecular weight is 251 g/mol. The number of nitrogens with one attached hydrogen (secondary N) is 1. The highest BCUT2D eigenvalue weighted by Crippen LogP contribution is 2.34. The fourth-order valence-corrected chi connectivity index (χ4v) is 1.53. The van der Waals surface area contributed by atoms with Crippen LogP contribution in [0.2, 0.25) is 0 Å². The number of rotatable bonds is 5. The Kier molecular flexibility index (Phi) is 3.92. The molecule has 18 heavy (non-hydrogen) atoms. The van der Waals surface area contributed by atoms with Crippen LogP contribution in [-0.4, -0.2) is 25.3 Å². The molecule has 2 rings (SSSR count). The third kappa shape index (κ3) is 3.06. The number of fused-ring (bicyclic) bond motifs is 1. The van der Waals surface area contributed by atoms with Gasteiger partial charge in [-0.1, -0.05) is 6.92 Å². The van der Waals surface area contributed by atoms with Crippen molar-refractivity contribution in [2.45, 2.75) is 26.3 Å². The first kappa shape index (κ1) is 12.5. The predicted octanol–water partition coefficient (Wildman–Crippen LogP) is 1.71. The Labute approximate surface area is 106 Å². The van der Waals surface area contributed by atoms with Crippen LogP contribution in [0.3, 0.4) is 0 Å². The van der Waals surface area contributed by atoms with Gasteiger partial charge in [-0.2, -0.15) is 0 Å². The first-order valence-electron chi connectivity index (χ1n) is 6.01. The fourth-order valence-electron chi connectivity index (χ4n) is 1.53. The number of ether oxygens (including phenoxy) is 3. The molecule has 0 spiro atoms. The second-order valence-electron chi connectivity index (χ2n) is 4.18. The number of benzene rings is 1. The van der Waals surface area contributed by atoms with Crippen LogP contribution in [0.5, 0.6) is 17.2 Å². The number of carbonyl (C=O) groups is 1. The molecule has 0 saturated heterocycles. The second kappa shape index (κ2) is 5.62. The molecule has 1 aliphatic heterocycles. The Morgan fingerprint density at radius 1 is 1.44 bits per heavy atom. The molecule has 98 valence electrons. The van der Waals surface area contributed by atoms with Gasteiger partial charge in [0.05, 0.1) is 0 Å². The molecule has 5 nitrogen and oxygen atoms in total. The minimum Gasteiger partial charge on any atom is -0.484 e. The van der Waals surface area contributed by atoms with E-state index in [9.17, 15) is 4.79 Å². The van der Waals surface area contributed by atoms with Gasteiger partial charge in [0, 0.05) is 12.1 Å². The summed E-state index contributed by atoms with van der Waals surface area (Å²) in [5, 5.41) is 2.83. The van der Waals surface area contributed by atoms with Gasteiger partial charge < -0.3 is 19.5 Å². The zero-order valence-corrected chi connectivity index (χ0v) is 10.6. The van der Waals surface area contributed by atoms with Gasteiger partial charge >= 0.3 is 0 Å².